The van der Waals surface area contributed by atoms with Crippen LogP contribution in [-0.4, -0.2) is 183 Å². The number of likely N-dealkylation sites (tertiary alicyclic amines) is 1. The molecule has 21 heteroatoms. The highest BCUT2D eigenvalue weighted by molar-refractivity contribution is 6.05. The first kappa shape index (κ1) is 63.1. The van der Waals surface area contributed by atoms with Crippen LogP contribution >= 0.6 is 0 Å². The number of hydrogen-bond acceptors (Lipinski definition) is 14. The minimum Gasteiger partial charge on any atom is -0.458 e. The number of Topliss-reactive ketones (excluding diaryl/α,β-unsaturated/α-hetero) is 1. The Morgan fingerprint density at radius 1 is 0.811 bits per heavy atom. The van der Waals surface area contributed by atoms with Gasteiger partial charge in [-0.25, -0.2) is 4.79 Å². The molecule has 0 saturated carbocycles. The van der Waals surface area contributed by atoms with E-state index in [1.165, 1.54) is 54.5 Å². The second kappa shape index (κ2) is 28.1. The SMILES string of the molecule is CC[C@H](C)[C@H]1NC(=O)[C@H](NC(=O)[C@H](CC(C)C)N(C)C(=O)[C@@H]2CCCN2C(=O)[C@H](C)O)[C@@H](C)OC(=O)[C@H](CC(C)C)N(C)C(=O)[C@@H]2CCCN2C(=O)[C@H](CC(C)C)NC(=O)[C@@H](C)C(=O)[C@H](C(C)C)OC(=O)C[C@@H]1O. The second-order valence-electron chi connectivity index (χ2n) is 22.5. The van der Waals surface area contributed by atoms with Crippen molar-refractivity contribution in [2.24, 2.45) is 35.5 Å². The molecule has 3 fully saturated rings. The number of ketones is 1. The summed E-state index contributed by atoms with van der Waals surface area (Å²) in [6, 6.07) is -8.55. The van der Waals surface area contributed by atoms with Crippen LogP contribution in [0.4, 0.5) is 0 Å². The summed E-state index contributed by atoms with van der Waals surface area (Å²) in [5.41, 5.74) is 0. The normalized spacial score (nSPS) is 28.9. The molecule has 0 aliphatic carbocycles. The van der Waals surface area contributed by atoms with E-state index in [4.69, 9.17) is 9.47 Å². The predicted molar refractivity (Wildman–Crippen MR) is 273 cm³/mol. The highest BCUT2D eigenvalue weighted by Gasteiger charge is 2.46. The minimum absolute atomic E-state index is 0.0878. The fraction of sp³-hybridized carbons (Fsp3) is 0.811. The zero-order chi connectivity index (χ0) is 56.2. The number of nitrogens with one attached hydrogen (secondary N) is 3. The first-order chi connectivity index (χ1) is 34.4. The molecule has 3 rings (SSSR count). The van der Waals surface area contributed by atoms with Crippen molar-refractivity contribution in [1.82, 2.24) is 35.6 Å². The first-order valence-electron chi connectivity index (χ1n) is 26.8. The van der Waals surface area contributed by atoms with Gasteiger partial charge < -0.3 is 55.2 Å². The molecule has 420 valence electrons. The van der Waals surface area contributed by atoms with Gasteiger partial charge in [0.25, 0.3) is 5.91 Å². The van der Waals surface area contributed by atoms with Crippen LogP contribution in [0.2, 0.25) is 0 Å². The summed E-state index contributed by atoms with van der Waals surface area (Å²) in [4.78, 5) is 147. The molecule has 3 aliphatic rings. The lowest BCUT2D eigenvalue weighted by Gasteiger charge is -2.36. The second-order valence-corrected chi connectivity index (χ2v) is 22.5. The Morgan fingerprint density at radius 2 is 1.42 bits per heavy atom. The number of carbonyl (C=O) groups is 10. The van der Waals surface area contributed by atoms with Crippen molar-refractivity contribution in [1.29, 1.82) is 0 Å². The van der Waals surface area contributed by atoms with Gasteiger partial charge in [-0.1, -0.05) is 75.7 Å². The zero-order valence-electron chi connectivity index (χ0n) is 46.7. The van der Waals surface area contributed by atoms with Gasteiger partial charge in [-0.3, -0.25) is 43.2 Å². The standard InChI is InChI=1S/C53H89N7O14/c1-16-31(10)42-40(62)26-41(63)74-45(30(8)9)44(64)32(11)46(65)54-35(23-27(2)3)50(69)60-22-18-20-37(60)52(71)58(15)39(25-29(6)7)53(72)73-34(13)43(48(67)55-42)56-47(66)38(24-28(4)5)57(14)51(70)36-19-17-21-59(36)49(68)33(12)61/h27-40,42-43,45,61-62H,16-26H2,1-15H3,(H,54,65)(H,55,67)(H,56,66)/t31-,32-,33-,34+,35-,36-,37-,38-,39-,40-,42+,43+,45-/m0/s1. The molecule has 21 nitrogen and oxygen atoms in total. The van der Waals surface area contributed by atoms with Gasteiger partial charge in [-0.2, -0.15) is 0 Å². The number of esters is 2. The fourth-order valence-corrected chi connectivity index (χ4v) is 10.0. The van der Waals surface area contributed by atoms with Crippen molar-refractivity contribution in [2.75, 3.05) is 27.2 Å². The minimum atomic E-state index is -1.72. The van der Waals surface area contributed by atoms with Gasteiger partial charge in [0, 0.05) is 27.2 Å². The monoisotopic (exact) mass is 1050 g/mol. The van der Waals surface area contributed by atoms with E-state index in [0.29, 0.717) is 19.3 Å². The number of aliphatic hydroxyl groups excluding tert-OH is 2. The lowest BCUT2D eigenvalue weighted by molar-refractivity contribution is -0.163. The Kier molecular flexibility index (Phi) is 24.0. The molecule has 74 heavy (non-hydrogen) atoms. The van der Waals surface area contributed by atoms with E-state index >= 15 is 0 Å². The molecular weight excluding hydrogens is 959 g/mol. The smallest absolute Gasteiger partial charge is 0.329 e. The molecule has 5 N–H and O–H groups in total. The molecule has 7 amide bonds. The van der Waals surface area contributed by atoms with E-state index in [1.807, 2.05) is 41.5 Å². The first-order valence-corrected chi connectivity index (χ1v) is 26.8. The number of aliphatic hydroxyl groups is 2. The Bertz CT molecular complexity index is 2010. The van der Waals surface area contributed by atoms with Crippen molar-refractivity contribution in [3.63, 3.8) is 0 Å². The maximum Gasteiger partial charge on any atom is 0.329 e. The van der Waals surface area contributed by atoms with Gasteiger partial charge in [0.15, 0.2) is 11.9 Å². The number of carbonyl (C=O) groups excluding carboxylic acids is 10. The van der Waals surface area contributed by atoms with Gasteiger partial charge in [-0.05, 0) is 95.3 Å². The molecule has 0 aromatic carbocycles. The largest absolute Gasteiger partial charge is 0.458 e. The maximum absolute atomic E-state index is 14.8. The molecule has 3 saturated heterocycles. The third-order valence-corrected chi connectivity index (χ3v) is 14.6. The molecule has 0 spiro atoms. The summed E-state index contributed by atoms with van der Waals surface area (Å²) < 4.78 is 11.8. The van der Waals surface area contributed by atoms with Gasteiger partial charge >= 0.3 is 11.9 Å². The van der Waals surface area contributed by atoms with Gasteiger partial charge in [-0.15, -0.1) is 0 Å². The summed E-state index contributed by atoms with van der Waals surface area (Å²) in [5.74, 6) is -10.6. The van der Waals surface area contributed by atoms with Crippen molar-refractivity contribution in [3.05, 3.63) is 0 Å². The van der Waals surface area contributed by atoms with E-state index in [2.05, 4.69) is 16.0 Å². The number of nitrogens with zero attached hydrogens (tertiary/aromatic N) is 4. The van der Waals surface area contributed by atoms with Crippen molar-refractivity contribution < 1.29 is 67.6 Å². The summed E-state index contributed by atoms with van der Waals surface area (Å²) in [5, 5.41) is 30.1. The third-order valence-electron chi connectivity index (χ3n) is 14.6. The maximum atomic E-state index is 14.8. The summed E-state index contributed by atoms with van der Waals surface area (Å²) in [6.45, 7) is 22.2. The van der Waals surface area contributed by atoms with Crippen LogP contribution in [0.5, 0.6) is 0 Å². The summed E-state index contributed by atoms with van der Waals surface area (Å²) in [7, 11) is 2.84. The third kappa shape index (κ3) is 16.4. The van der Waals surface area contributed by atoms with Gasteiger partial charge in [0.1, 0.15) is 48.5 Å². The average molecular weight is 1050 g/mol. The highest BCUT2D eigenvalue weighted by Crippen LogP contribution is 2.27. The topological polar surface area (TPSA) is 279 Å². The van der Waals surface area contributed by atoms with Crippen LogP contribution < -0.4 is 16.0 Å². The summed E-state index contributed by atoms with van der Waals surface area (Å²) in [6.07, 6.45) is -4.48. The Balaban J connectivity index is 2.22. The zero-order valence-corrected chi connectivity index (χ0v) is 46.7. The van der Waals surface area contributed by atoms with E-state index < -0.39 is 150 Å². The molecular formula is C53H89N7O14. The highest BCUT2D eigenvalue weighted by atomic mass is 16.6. The Labute approximate surface area is 438 Å². The van der Waals surface area contributed by atoms with Crippen LogP contribution in [0.15, 0.2) is 0 Å². The van der Waals surface area contributed by atoms with Crippen LogP contribution in [0.1, 0.15) is 148 Å². The molecule has 3 aliphatic heterocycles. The van der Waals surface area contributed by atoms with Crippen molar-refractivity contribution in [2.45, 2.75) is 215 Å². The van der Waals surface area contributed by atoms with Crippen molar-refractivity contribution >= 4 is 59.1 Å². The molecule has 3 heterocycles. The van der Waals surface area contributed by atoms with E-state index in [9.17, 15) is 58.2 Å². The number of fused-ring (bicyclic) bond motifs is 1. The number of hydrogen-bond donors (Lipinski definition) is 5. The molecule has 0 aromatic rings. The van der Waals surface area contributed by atoms with Crippen molar-refractivity contribution in [3.8, 4) is 0 Å². The average Bonchev–Trinajstić information content (AvgIpc) is 4.03. The Hall–Kier alpha value is -5.18. The number of cyclic esters (lactones) is 2. The molecule has 13 atom stereocenters. The number of amides is 7. The van der Waals surface area contributed by atoms with Crippen LogP contribution in [0.25, 0.3) is 0 Å². The fourth-order valence-electron chi connectivity index (χ4n) is 10.0. The number of likely N-dealkylation sites (N-methyl/N-ethyl adjacent to an activating group) is 2. The van der Waals surface area contributed by atoms with Gasteiger partial charge in [0.2, 0.25) is 35.4 Å². The van der Waals surface area contributed by atoms with Gasteiger partial charge in [0.05, 0.1) is 24.5 Å². The van der Waals surface area contributed by atoms with Crippen LogP contribution in [0.3, 0.4) is 0 Å². The van der Waals surface area contributed by atoms with Crippen LogP contribution in [-0.2, 0) is 57.4 Å². The molecule has 0 radical (unpaired) electrons. The lowest BCUT2D eigenvalue weighted by Crippen LogP contribution is -2.62. The van der Waals surface area contributed by atoms with Crippen LogP contribution in [0, 0.1) is 35.5 Å². The molecule has 0 aromatic heterocycles. The molecule has 0 unspecified atom stereocenters. The number of ether oxygens (including phenoxy) is 2. The predicted octanol–water partition coefficient (Wildman–Crippen LogP) is 2.11. The summed E-state index contributed by atoms with van der Waals surface area (Å²) >= 11 is 0. The van der Waals surface area contributed by atoms with E-state index in [-0.39, 0.29) is 62.9 Å². The lowest BCUT2D eigenvalue weighted by atomic mass is 9.91. The van der Waals surface area contributed by atoms with E-state index in [1.54, 1.807) is 27.7 Å². The molecule has 0 bridgehead atoms. The quantitative estimate of drug-likeness (QED) is 0.123. The Morgan fingerprint density at radius 3 is 1.97 bits per heavy atom. The van der Waals surface area contributed by atoms with E-state index in [0.717, 1.165) is 0 Å². The number of rotatable bonds is 14.